The van der Waals surface area contributed by atoms with Crippen LogP contribution < -0.4 is 5.32 Å². The highest BCUT2D eigenvalue weighted by molar-refractivity contribution is 7.12. The SMILES string of the molecule is O=C(Nc1ccccc1-c1nc2ccccc2o1)c1cccs1. The molecular weight excluding hydrogens is 308 g/mol. The number of thiophene rings is 1. The van der Waals surface area contributed by atoms with Crippen LogP contribution >= 0.6 is 11.3 Å². The molecule has 2 heterocycles. The van der Waals surface area contributed by atoms with Gasteiger partial charge in [0.05, 0.1) is 16.1 Å². The number of anilines is 1. The van der Waals surface area contributed by atoms with Crippen LogP contribution in [0.3, 0.4) is 0 Å². The van der Waals surface area contributed by atoms with Crippen LogP contribution in [-0.4, -0.2) is 10.9 Å². The van der Waals surface area contributed by atoms with E-state index in [1.165, 1.54) is 11.3 Å². The van der Waals surface area contributed by atoms with Gasteiger partial charge in [0.1, 0.15) is 5.52 Å². The Morgan fingerprint density at radius 1 is 1.00 bits per heavy atom. The van der Waals surface area contributed by atoms with Gasteiger partial charge >= 0.3 is 0 Å². The van der Waals surface area contributed by atoms with E-state index in [0.29, 0.717) is 16.5 Å². The van der Waals surface area contributed by atoms with Gasteiger partial charge in [0.25, 0.3) is 5.91 Å². The number of oxazole rings is 1. The van der Waals surface area contributed by atoms with Crippen LogP contribution in [0.15, 0.2) is 70.5 Å². The van der Waals surface area contributed by atoms with Crippen molar-refractivity contribution in [3.8, 4) is 11.5 Å². The van der Waals surface area contributed by atoms with E-state index in [2.05, 4.69) is 10.3 Å². The van der Waals surface area contributed by atoms with Crippen molar-refractivity contribution in [2.45, 2.75) is 0 Å². The summed E-state index contributed by atoms with van der Waals surface area (Å²) in [5.74, 6) is 0.358. The maximum absolute atomic E-state index is 12.3. The second kappa shape index (κ2) is 5.70. The van der Waals surface area contributed by atoms with E-state index < -0.39 is 0 Å². The zero-order valence-electron chi connectivity index (χ0n) is 12.0. The van der Waals surface area contributed by atoms with Crippen LogP contribution in [0.2, 0.25) is 0 Å². The Hall–Kier alpha value is -2.92. The van der Waals surface area contributed by atoms with Gasteiger partial charge in [-0.05, 0) is 35.7 Å². The van der Waals surface area contributed by atoms with Gasteiger partial charge in [-0.15, -0.1) is 11.3 Å². The molecule has 4 rings (SSSR count). The minimum absolute atomic E-state index is 0.136. The topological polar surface area (TPSA) is 55.1 Å². The molecule has 0 spiro atoms. The van der Waals surface area contributed by atoms with Crippen molar-refractivity contribution >= 4 is 34.0 Å². The number of fused-ring (bicyclic) bond motifs is 1. The molecule has 0 radical (unpaired) electrons. The van der Waals surface area contributed by atoms with E-state index in [-0.39, 0.29) is 5.91 Å². The third-order valence-electron chi connectivity index (χ3n) is 3.44. The summed E-state index contributed by atoms with van der Waals surface area (Å²) in [6.07, 6.45) is 0. The molecule has 0 fully saturated rings. The summed E-state index contributed by atoms with van der Waals surface area (Å²) in [6.45, 7) is 0. The number of rotatable bonds is 3. The molecule has 0 atom stereocenters. The number of hydrogen-bond acceptors (Lipinski definition) is 4. The van der Waals surface area contributed by atoms with Crippen LogP contribution in [0.1, 0.15) is 9.67 Å². The molecule has 0 saturated carbocycles. The number of para-hydroxylation sites is 3. The minimum Gasteiger partial charge on any atom is -0.436 e. The molecule has 0 bridgehead atoms. The van der Waals surface area contributed by atoms with Crippen molar-refractivity contribution in [1.29, 1.82) is 0 Å². The molecule has 0 unspecified atom stereocenters. The van der Waals surface area contributed by atoms with Crippen LogP contribution in [0.4, 0.5) is 5.69 Å². The van der Waals surface area contributed by atoms with Gasteiger partial charge in [-0.25, -0.2) is 4.98 Å². The fourth-order valence-corrected chi connectivity index (χ4v) is 2.98. The van der Waals surface area contributed by atoms with E-state index in [4.69, 9.17) is 4.42 Å². The standard InChI is InChI=1S/C18H12N2O2S/c21-17(16-10-5-11-23-16)19-13-7-2-1-6-12(13)18-20-14-8-3-4-9-15(14)22-18/h1-11H,(H,19,21). The fraction of sp³-hybridized carbons (Fsp3) is 0. The van der Waals surface area contributed by atoms with Crippen molar-refractivity contribution in [2.75, 3.05) is 5.32 Å². The predicted molar refractivity (Wildman–Crippen MR) is 91.7 cm³/mol. The molecule has 4 nitrogen and oxygen atoms in total. The smallest absolute Gasteiger partial charge is 0.265 e. The lowest BCUT2D eigenvalue weighted by Gasteiger charge is -2.07. The summed E-state index contributed by atoms with van der Waals surface area (Å²) >= 11 is 1.40. The number of benzene rings is 2. The van der Waals surface area contributed by atoms with Crippen LogP contribution in [0.5, 0.6) is 0 Å². The molecule has 0 saturated heterocycles. The maximum Gasteiger partial charge on any atom is 0.265 e. The van der Waals surface area contributed by atoms with E-state index in [9.17, 15) is 4.79 Å². The van der Waals surface area contributed by atoms with E-state index in [0.717, 1.165) is 16.7 Å². The average molecular weight is 320 g/mol. The van der Waals surface area contributed by atoms with Crippen molar-refractivity contribution in [3.05, 3.63) is 70.9 Å². The molecule has 0 aliphatic carbocycles. The Kier molecular flexibility index (Phi) is 3.40. The van der Waals surface area contributed by atoms with Gasteiger partial charge < -0.3 is 9.73 Å². The lowest BCUT2D eigenvalue weighted by atomic mass is 10.1. The number of nitrogens with one attached hydrogen (secondary N) is 1. The fourth-order valence-electron chi connectivity index (χ4n) is 2.36. The largest absolute Gasteiger partial charge is 0.436 e. The molecule has 5 heteroatoms. The highest BCUT2D eigenvalue weighted by Crippen LogP contribution is 2.30. The number of hydrogen-bond donors (Lipinski definition) is 1. The van der Waals surface area contributed by atoms with Crippen molar-refractivity contribution in [2.24, 2.45) is 0 Å². The summed E-state index contributed by atoms with van der Waals surface area (Å²) in [7, 11) is 0. The van der Waals surface area contributed by atoms with E-state index >= 15 is 0 Å². The monoisotopic (exact) mass is 320 g/mol. The third-order valence-corrected chi connectivity index (χ3v) is 4.31. The number of aromatic nitrogens is 1. The normalized spacial score (nSPS) is 10.8. The summed E-state index contributed by atoms with van der Waals surface area (Å²) in [4.78, 5) is 17.4. The molecule has 112 valence electrons. The first-order valence-electron chi connectivity index (χ1n) is 7.11. The van der Waals surface area contributed by atoms with Crippen molar-refractivity contribution in [3.63, 3.8) is 0 Å². The summed E-state index contributed by atoms with van der Waals surface area (Å²) in [5, 5.41) is 4.80. The summed E-state index contributed by atoms with van der Waals surface area (Å²) < 4.78 is 5.81. The average Bonchev–Trinajstić information content (AvgIpc) is 3.25. The van der Waals surface area contributed by atoms with Gasteiger partial charge in [0, 0.05) is 0 Å². The lowest BCUT2D eigenvalue weighted by molar-refractivity contribution is 0.103. The highest BCUT2D eigenvalue weighted by Gasteiger charge is 2.14. The second-order valence-corrected chi connectivity index (χ2v) is 5.91. The molecule has 4 aromatic rings. The first-order valence-corrected chi connectivity index (χ1v) is 7.99. The molecule has 2 aromatic carbocycles. The molecule has 0 aliphatic heterocycles. The number of amides is 1. The zero-order chi connectivity index (χ0) is 15.6. The molecule has 2 aromatic heterocycles. The molecule has 1 amide bonds. The van der Waals surface area contributed by atoms with Gasteiger partial charge in [0.2, 0.25) is 5.89 Å². The van der Waals surface area contributed by atoms with E-state index in [1.807, 2.05) is 60.0 Å². The quantitative estimate of drug-likeness (QED) is 0.589. The summed E-state index contributed by atoms with van der Waals surface area (Å²) in [6, 6.07) is 18.7. The van der Waals surface area contributed by atoms with Crippen molar-refractivity contribution < 1.29 is 9.21 Å². The Morgan fingerprint density at radius 2 is 1.83 bits per heavy atom. The third kappa shape index (κ3) is 2.62. The van der Waals surface area contributed by atoms with Gasteiger partial charge in [-0.3, -0.25) is 4.79 Å². The minimum atomic E-state index is -0.136. The van der Waals surface area contributed by atoms with Gasteiger partial charge in [-0.1, -0.05) is 30.3 Å². The Morgan fingerprint density at radius 3 is 2.65 bits per heavy atom. The Labute approximate surface area is 136 Å². The number of nitrogens with zero attached hydrogens (tertiary/aromatic N) is 1. The molecule has 0 aliphatic rings. The number of carbonyl (C=O) groups excluding carboxylic acids is 1. The number of carbonyl (C=O) groups is 1. The van der Waals surface area contributed by atoms with E-state index in [1.54, 1.807) is 6.07 Å². The Balaban J connectivity index is 1.73. The molecule has 1 N–H and O–H groups in total. The zero-order valence-corrected chi connectivity index (χ0v) is 12.8. The van der Waals surface area contributed by atoms with Gasteiger partial charge in [0.15, 0.2) is 5.58 Å². The predicted octanol–water partition coefficient (Wildman–Crippen LogP) is 4.81. The second-order valence-electron chi connectivity index (χ2n) is 4.96. The maximum atomic E-state index is 12.3. The first-order chi connectivity index (χ1) is 11.3. The van der Waals surface area contributed by atoms with Crippen LogP contribution in [0, 0.1) is 0 Å². The molecular formula is C18H12N2O2S. The first kappa shape index (κ1) is 13.7. The van der Waals surface area contributed by atoms with Crippen molar-refractivity contribution in [1.82, 2.24) is 4.98 Å². The van der Waals surface area contributed by atoms with Gasteiger partial charge in [-0.2, -0.15) is 0 Å². The Bertz CT molecular complexity index is 941. The summed E-state index contributed by atoms with van der Waals surface area (Å²) in [5.41, 5.74) is 2.95. The highest BCUT2D eigenvalue weighted by atomic mass is 32.1. The van der Waals surface area contributed by atoms with Crippen LogP contribution in [0.25, 0.3) is 22.6 Å². The lowest BCUT2D eigenvalue weighted by Crippen LogP contribution is -2.10. The molecule has 23 heavy (non-hydrogen) atoms. The van der Waals surface area contributed by atoms with Crippen LogP contribution in [-0.2, 0) is 0 Å².